The second-order valence-corrected chi connectivity index (χ2v) is 6.95. The van der Waals surface area contributed by atoms with Crippen LogP contribution in [0.3, 0.4) is 0 Å². The van der Waals surface area contributed by atoms with Gasteiger partial charge in [-0.05, 0) is 38.2 Å². The van der Waals surface area contributed by atoms with Crippen molar-refractivity contribution in [3.63, 3.8) is 0 Å². The maximum absolute atomic E-state index is 12.2. The van der Waals surface area contributed by atoms with Crippen LogP contribution in [0.2, 0.25) is 0 Å². The Hall–Kier alpha value is -1.64. The van der Waals surface area contributed by atoms with Crippen LogP contribution in [0.15, 0.2) is 34.3 Å². The van der Waals surface area contributed by atoms with E-state index in [2.05, 4.69) is 5.16 Å². The molecular weight excluding hydrogens is 294 g/mol. The first kappa shape index (κ1) is 17.4. The molecule has 8 heteroatoms. The fourth-order valence-electron chi connectivity index (χ4n) is 1.63. The van der Waals surface area contributed by atoms with Crippen molar-refractivity contribution in [1.82, 2.24) is 4.90 Å². The molecule has 0 saturated carbocycles. The average Bonchev–Trinajstić information content (AvgIpc) is 2.51. The number of amidine groups is 1. The summed E-state index contributed by atoms with van der Waals surface area (Å²) in [4.78, 5) is 1.96. The number of aliphatic hydroxyl groups is 1. The zero-order chi connectivity index (χ0) is 16.0. The molecule has 1 rings (SSSR count). The zero-order valence-corrected chi connectivity index (χ0v) is 12.9. The summed E-state index contributed by atoms with van der Waals surface area (Å²) in [5, 5.41) is 20.4. The van der Waals surface area contributed by atoms with Gasteiger partial charge in [0.15, 0.2) is 15.7 Å². The Bertz CT molecular complexity index is 584. The molecule has 0 fully saturated rings. The van der Waals surface area contributed by atoms with Crippen LogP contribution in [0.1, 0.15) is 12.5 Å². The van der Waals surface area contributed by atoms with Gasteiger partial charge in [0.05, 0.1) is 17.3 Å². The first-order valence-electron chi connectivity index (χ1n) is 6.43. The van der Waals surface area contributed by atoms with E-state index in [4.69, 9.17) is 16.0 Å². The largest absolute Gasteiger partial charge is 0.409 e. The second kappa shape index (κ2) is 7.39. The highest BCUT2D eigenvalue weighted by Crippen LogP contribution is 2.13. The van der Waals surface area contributed by atoms with E-state index in [1.807, 2.05) is 6.92 Å². The number of sulfone groups is 1. The van der Waals surface area contributed by atoms with Gasteiger partial charge in [0.25, 0.3) is 0 Å². The normalized spacial score (nSPS) is 14.4. The summed E-state index contributed by atoms with van der Waals surface area (Å²) in [5.41, 5.74) is 5.87. The highest BCUT2D eigenvalue weighted by molar-refractivity contribution is 7.91. The average molecular weight is 315 g/mol. The lowest BCUT2D eigenvalue weighted by Crippen LogP contribution is -2.35. The minimum atomic E-state index is -3.41. The molecule has 7 nitrogen and oxygen atoms in total. The van der Waals surface area contributed by atoms with Gasteiger partial charge in [-0.15, -0.1) is 0 Å². The molecular formula is C13H21N3O4S. The maximum atomic E-state index is 12.2. The van der Waals surface area contributed by atoms with Gasteiger partial charge in [0.2, 0.25) is 0 Å². The Morgan fingerprint density at radius 1 is 1.38 bits per heavy atom. The summed E-state index contributed by atoms with van der Waals surface area (Å²) in [7, 11) is -1.65. The third-order valence-corrected chi connectivity index (χ3v) is 5.06. The number of nitrogens with two attached hydrogens (primary N) is 1. The van der Waals surface area contributed by atoms with Crippen LogP contribution < -0.4 is 5.73 Å². The van der Waals surface area contributed by atoms with Crippen LogP contribution in [0.25, 0.3) is 0 Å². The molecule has 118 valence electrons. The zero-order valence-electron chi connectivity index (χ0n) is 12.1. The molecule has 1 aromatic rings. The fraction of sp³-hybridized carbons (Fsp3) is 0.462. The Balaban J connectivity index is 2.79. The number of rotatable bonds is 7. The van der Waals surface area contributed by atoms with Gasteiger partial charge in [-0.2, -0.15) is 0 Å². The molecule has 1 aromatic carbocycles. The predicted molar refractivity (Wildman–Crippen MR) is 80.2 cm³/mol. The monoisotopic (exact) mass is 315 g/mol. The van der Waals surface area contributed by atoms with E-state index in [9.17, 15) is 8.42 Å². The van der Waals surface area contributed by atoms with Gasteiger partial charge in [0.1, 0.15) is 0 Å². The van der Waals surface area contributed by atoms with Gasteiger partial charge in [-0.3, -0.25) is 0 Å². The van der Waals surface area contributed by atoms with Crippen LogP contribution in [0.4, 0.5) is 0 Å². The van der Waals surface area contributed by atoms with Gasteiger partial charge in [-0.25, -0.2) is 8.42 Å². The van der Waals surface area contributed by atoms with E-state index in [1.54, 1.807) is 11.9 Å². The lowest BCUT2D eigenvalue weighted by Gasteiger charge is -2.22. The van der Waals surface area contributed by atoms with Crippen LogP contribution in [-0.2, 0) is 9.84 Å². The number of hydrogen-bond donors (Lipinski definition) is 3. The quantitative estimate of drug-likeness (QED) is 0.279. The van der Waals surface area contributed by atoms with E-state index < -0.39 is 9.84 Å². The van der Waals surface area contributed by atoms with E-state index in [0.29, 0.717) is 12.1 Å². The maximum Gasteiger partial charge on any atom is 0.179 e. The molecule has 0 radical (unpaired) electrons. The molecule has 1 unspecified atom stereocenters. The van der Waals surface area contributed by atoms with Crippen molar-refractivity contribution in [2.24, 2.45) is 10.9 Å². The minimum absolute atomic E-state index is 0.0228. The van der Waals surface area contributed by atoms with Crippen LogP contribution >= 0.6 is 0 Å². The van der Waals surface area contributed by atoms with E-state index in [-0.39, 0.29) is 29.1 Å². The van der Waals surface area contributed by atoms with Crippen molar-refractivity contribution in [2.75, 3.05) is 26.0 Å². The summed E-state index contributed by atoms with van der Waals surface area (Å²) in [5.74, 6) is -0.119. The smallest absolute Gasteiger partial charge is 0.179 e. The summed E-state index contributed by atoms with van der Waals surface area (Å²) in [6, 6.07) is 5.74. The molecule has 0 spiro atoms. The molecule has 0 aliphatic heterocycles. The number of hydrogen-bond acceptors (Lipinski definition) is 6. The molecule has 21 heavy (non-hydrogen) atoms. The first-order chi connectivity index (χ1) is 9.81. The van der Waals surface area contributed by atoms with Gasteiger partial charge < -0.3 is 20.9 Å². The molecule has 0 heterocycles. The molecule has 0 aliphatic rings. The van der Waals surface area contributed by atoms with Gasteiger partial charge >= 0.3 is 0 Å². The summed E-state index contributed by atoms with van der Waals surface area (Å²) in [6.45, 7) is 2.12. The number of aliphatic hydroxyl groups excluding tert-OH is 1. The Kier molecular flexibility index (Phi) is 6.13. The SMILES string of the molecule is CC(CO)N(C)CCS(=O)(=O)c1ccc(/C(N)=N/O)cc1. The van der Waals surface area contributed by atoms with Crippen molar-refractivity contribution in [2.45, 2.75) is 17.9 Å². The Morgan fingerprint density at radius 2 is 1.95 bits per heavy atom. The van der Waals surface area contributed by atoms with Gasteiger partial charge in [-0.1, -0.05) is 5.16 Å². The summed E-state index contributed by atoms with van der Waals surface area (Å²) >= 11 is 0. The number of benzene rings is 1. The molecule has 0 saturated heterocycles. The van der Waals surface area contributed by atoms with Crippen LogP contribution in [0.5, 0.6) is 0 Å². The highest BCUT2D eigenvalue weighted by Gasteiger charge is 2.17. The molecule has 0 amide bonds. The van der Waals surface area contributed by atoms with Crippen molar-refractivity contribution >= 4 is 15.7 Å². The lowest BCUT2D eigenvalue weighted by atomic mass is 10.2. The van der Waals surface area contributed by atoms with E-state index in [0.717, 1.165) is 0 Å². The summed E-state index contributed by atoms with van der Waals surface area (Å²) < 4.78 is 24.4. The van der Waals surface area contributed by atoms with Crippen LogP contribution in [-0.4, -0.2) is 61.5 Å². The number of oxime groups is 1. The third kappa shape index (κ3) is 4.69. The predicted octanol–water partition coefficient (Wildman–Crippen LogP) is -0.133. The number of likely N-dealkylation sites (N-methyl/N-ethyl adjacent to an activating group) is 1. The fourth-order valence-corrected chi connectivity index (χ4v) is 2.95. The standard InChI is InChI=1S/C13H21N3O4S/c1-10(9-17)16(2)7-8-21(19,20)12-5-3-11(4-6-12)13(14)15-18/h3-6,10,17-18H,7-9H2,1-2H3,(H2,14,15). The van der Waals surface area contributed by atoms with Crippen molar-refractivity contribution < 1.29 is 18.7 Å². The topological polar surface area (TPSA) is 116 Å². The summed E-state index contributed by atoms with van der Waals surface area (Å²) in [6.07, 6.45) is 0. The Morgan fingerprint density at radius 3 is 2.43 bits per heavy atom. The molecule has 1 atom stereocenters. The molecule has 0 aliphatic carbocycles. The highest BCUT2D eigenvalue weighted by atomic mass is 32.2. The lowest BCUT2D eigenvalue weighted by molar-refractivity contribution is 0.165. The van der Waals surface area contributed by atoms with Crippen LogP contribution in [0, 0.1) is 0 Å². The van der Waals surface area contributed by atoms with Crippen molar-refractivity contribution in [3.8, 4) is 0 Å². The first-order valence-corrected chi connectivity index (χ1v) is 8.09. The molecule has 0 aromatic heterocycles. The van der Waals surface area contributed by atoms with Gasteiger partial charge in [0, 0.05) is 18.2 Å². The molecule has 0 bridgehead atoms. The van der Waals surface area contributed by atoms with E-state index in [1.165, 1.54) is 24.3 Å². The Labute approximate surface area is 124 Å². The minimum Gasteiger partial charge on any atom is -0.409 e. The molecule has 4 N–H and O–H groups in total. The second-order valence-electron chi connectivity index (χ2n) is 4.84. The third-order valence-electron chi connectivity index (χ3n) is 3.35. The number of nitrogens with zero attached hydrogens (tertiary/aromatic N) is 2. The van der Waals surface area contributed by atoms with Crippen molar-refractivity contribution in [3.05, 3.63) is 29.8 Å². The van der Waals surface area contributed by atoms with E-state index >= 15 is 0 Å². The van der Waals surface area contributed by atoms with Crippen molar-refractivity contribution in [1.29, 1.82) is 0 Å².